The van der Waals surface area contributed by atoms with Crippen LogP contribution in [0.4, 0.5) is 0 Å². The standard InChI is InChI=1S/C37H21N3OS/c1-2-10-22(11-3-1)39-27-15-7-4-12-23(27)24-18-19-29-33(36(24)39)25-13-5-8-16-28(25)40(29)37-38-35-32(42-37)21-20-31-34(35)26-14-6-9-17-30(26)41-31/h1-21H. The molecule has 0 saturated carbocycles. The number of fused-ring (bicyclic) bond motifs is 12. The Morgan fingerprint density at radius 3 is 2.07 bits per heavy atom. The summed E-state index contributed by atoms with van der Waals surface area (Å²) in [6, 6.07) is 45.1. The first-order valence-electron chi connectivity index (χ1n) is 14.1. The maximum Gasteiger partial charge on any atom is 0.195 e. The summed E-state index contributed by atoms with van der Waals surface area (Å²) in [7, 11) is 0. The Bertz CT molecular complexity index is 2690. The fraction of sp³-hybridized carbons (Fsp3) is 0. The molecule has 10 rings (SSSR count). The van der Waals surface area contributed by atoms with Crippen molar-refractivity contribution in [2.45, 2.75) is 0 Å². The van der Waals surface area contributed by atoms with E-state index in [1.807, 2.05) is 12.1 Å². The minimum Gasteiger partial charge on any atom is -0.456 e. The molecular formula is C37H21N3OS. The van der Waals surface area contributed by atoms with Crippen LogP contribution in [0.15, 0.2) is 132 Å². The Hall–Kier alpha value is -5.39. The summed E-state index contributed by atoms with van der Waals surface area (Å²) < 4.78 is 12.1. The molecule has 10 aromatic rings. The summed E-state index contributed by atoms with van der Waals surface area (Å²) >= 11 is 1.73. The van der Waals surface area contributed by atoms with Crippen LogP contribution in [0.1, 0.15) is 0 Å². The highest BCUT2D eigenvalue weighted by Gasteiger charge is 2.22. The molecule has 42 heavy (non-hydrogen) atoms. The average molecular weight is 556 g/mol. The third-order valence-electron chi connectivity index (χ3n) is 8.56. The average Bonchev–Trinajstić information content (AvgIpc) is 3.79. The van der Waals surface area contributed by atoms with Gasteiger partial charge in [0.1, 0.15) is 11.2 Å². The van der Waals surface area contributed by atoms with Gasteiger partial charge in [0.2, 0.25) is 0 Å². The lowest BCUT2D eigenvalue weighted by atomic mass is 10.1. The molecule has 0 bridgehead atoms. The zero-order valence-corrected chi connectivity index (χ0v) is 23.1. The van der Waals surface area contributed by atoms with Gasteiger partial charge >= 0.3 is 0 Å². The highest BCUT2D eigenvalue weighted by Crippen LogP contribution is 2.43. The molecule has 4 aromatic heterocycles. The summed E-state index contributed by atoms with van der Waals surface area (Å²) in [5.41, 5.74) is 8.63. The zero-order chi connectivity index (χ0) is 27.4. The van der Waals surface area contributed by atoms with E-state index in [9.17, 15) is 0 Å². The first-order valence-corrected chi connectivity index (χ1v) is 14.9. The molecular weight excluding hydrogens is 534 g/mol. The topological polar surface area (TPSA) is 35.9 Å². The third-order valence-corrected chi connectivity index (χ3v) is 9.57. The predicted molar refractivity (Wildman–Crippen MR) is 176 cm³/mol. The van der Waals surface area contributed by atoms with E-state index in [2.05, 4.69) is 124 Å². The van der Waals surface area contributed by atoms with Crippen molar-refractivity contribution in [3.05, 3.63) is 127 Å². The fourth-order valence-corrected chi connectivity index (χ4v) is 7.85. The Labute approximate surface area is 243 Å². The van der Waals surface area contributed by atoms with Crippen LogP contribution < -0.4 is 0 Å². The van der Waals surface area contributed by atoms with Gasteiger partial charge in [0.15, 0.2) is 5.13 Å². The van der Waals surface area contributed by atoms with Crippen molar-refractivity contribution in [3.63, 3.8) is 0 Å². The molecule has 0 aliphatic carbocycles. The number of para-hydroxylation sites is 4. The van der Waals surface area contributed by atoms with E-state index in [1.54, 1.807) is 11.3 Å². The number of hydrogen-bond donors (Lipinski definition) is 0. The van der Waals surface area contributed by atoms with Gasteiger partial charge in [-0.1, -0.05) is 90.2 Å². The molecule has 196 valence electrons. The Balaban J connectivity index is 1.37. The van der Waals surface area contributed by atoms with E-state index >= 15 is 0 Å². The normalized spacial score (nSPS) is 12.3. The van der Waals surface area contributed by atoms with Gasteiger partial charge in [-0.2, -0.15) is 0 Å². The number of benzene rings is 6. The predicted octanol–water partition coefficient (Wildman–Crippen LogP) is 10.4. The lowest BCUT2D eigenvalue weighted by molar-refractivity contribution is 0.669. The molecule has 0 radical (unpaired) electrons. The third kappa shape index (κ3) is 2.83. The highest BCUT2D eigenvalue weighted by molar-refractivity contribution is 7.21. The van der Waals surface area contributed by atoms with Gasteiger partial charge in [0.05, 0.1) is 37.7 Å². The Morgan fingerprint density at radius 1 is 0.500 bits per heavy atom. The number of thiazole rings is 1. The summed E-state index contributed by atoms with van der Waals surface area (Å²) in [5.74, 6) is 0. The van der Waals surface area contributed by atoms with Crippen molar-refractivity contribution < 1.29 is 4.42 Å². The molecule has 0 fully saturated rings. The van der Waals surface area contributed by atoms with Crippen LogP contribution in [0.2, 0.25) is 0 Å². The summed E-state index contributed by atoms with van der Waals surface area (Å²) in [5, 5.41) is 8.10. The number of rotatable bonds is 2. The van der Waals surface area contributed by atoms with Crippen LogP contribution in [0.5, 0.6) is 0 Å². The van der Waals surface area contributed by atoms with E-state index in [0.717, 1.165) is 54.0 Å². The number of nitrogens with zero attached hydrogens (tertiary/aromatic N) is 3. The van der Waals surface area contributed by atoms with E-state index in [-0.39, 0.29) is 0 Å². The van der Waals surface area contributed by atoms with Crippen molar-refractivity contribution in [2.24, 2.45) is 0 Å². The molecule has 0 spiro atoms. The number of hydrogen-bond acceptors (Lipinski definition) is 3. The summed E-state index contributed by atoms with van der Waals surface area (Å²) in [4.78, 5) is 5.32. The number of aromatic nitrogens is 3. The quantitative estimate of drug-likeness (QED) is 0.213. The first-order chi connectivity index (χ1) is 20.8. The van der Waals surface area contributed by atoms with Crippen LogP contribution in [-0.2, 0) is 0 Å². The molecule has 0 aliphatic heterocycles. The first kappa shape index (κ1) is 22.3. The molecule has 0 saturated heterocycles. The van der Waals surface area contributed by atoms with E-state index in [4.69, 9.17) is 9.40 Å². The van der Waals surface area contributed by atoms with Gasteiger partial charge in [-0.25, -0.2) is 4.98 Å². The van der Waals surface area contributed by atoms with Gasteiger partial charge < -0.3 is 8.98 Å². The van der Waals surface area contributed by atoms with Crippen molar-refractivity contribution in [1.29, 1.82) is 0 Å². The van der Waals surface area contributed by atoms with Gasteiger partial charge in [0, 0.05) is 32.6 Å². The van der Waals surface area contributed by atoms with Crippen LogP contribution in [-0.4, -0.2) is 14.1 Å². The molecule has 5 heteroatoms. The van der Waals surface area contributed by atoms with E-state index in [1.165, 1.54) is 32.6 Å². The van der Waals surface area contributed by atoms with Crippen molar-refractivity contribution >= 4 is 87.1 Å². The van der Waals surface area contributed by atoms with Crippen molar-refractivity contribution in [3.8, 4) is 10.8 Å². The molecule has 6 aromatic carbocycles. The van der Waals surface area contributed by atoms with Crippen molar-refractivity contribution in [2.75, 3.05) is 0 Å². The van der Waals surface area contributed by atoms with Crippen LogP contribution in [0.3, 0.4) is 0 Å². The highest BCUT2D eigenvalue weighted by atomic mass is 32.1. The second-order valence-corrected chi connectivity index (χ2v) is 11.8. The van der Waals surface area contributed by atoms with Crippen LogP contribution in [0, 0.1) is 0 Å². The minimum atomic E-state index is 0.872. The Morgan fingerprint density at radius 2 is 1.21 bits per heavy atom. The van der Waals surface area contributed by atoms with Gasteiger partial charge in [-0.05, 0) is 48.5 Å². The molecule has 4 heterocycles. The minimum absolute atomic E-state index is 0.872. The Kier molecular flexibility index (Phi) is 4.30. The maximum atomic E-state index is 6.19. The summed E-state index contributed by atoms with van der Waals surface area (Å²) in [6.07, 6.45) is 0. The van der Waals surface area contributed by atoms with E-state index < -0.39 is 0 Å². The summed E-state index contributed by atoms with van der Waals surface area (Å²) in [6.45, 7) is 0. The van der Waals surface area contributed by atoms with Crippen molar-refractivity contribution in [1.82, 2.24) is 14.1 Å². The van der Waals surface area contributed by atoms with Gasteiger partial charge in [-0.3, -0.25) is 4.57 Å². The molecule has 0 N–H and O–H groups in total. The lowest BCUT2D eigenvalue weighted by Crippen LogP contribution is -1.94. The second-order valence-electron chi connectivity index (χ2n) is 10.8. The van der Waals surface area contributed by atoms with Gasteiger partial charge in [0.25, 0.3) is 0 Å². The smallest absolute Gasteiger partial charge is 0.195 e. The molecule has 0 unspecified atom stereocenters. The molecule has 4 nitrogen and oxygen atoms in total. The SMILES string of the molecule is c1ccc(-n2c3ccccc3c3ccc4c(c5ccccc5n4-c4nc5c(ccc6oc7ccccc7c65)s4)c32)cc1. The lowest BCUT2D eigenvalue weighted by Gasteiger charge is -2.09. The van der Waals surface area contributed by atoms with E-state index in [0.29, 0.717) is 0 Å². The monoisotopic (exact) mass is 555 g/mol. The molecule has 0 amide bonds. The fourth-order valence-electron chi connectivity index (χ4n) is 6.85. The largest absolute Gasteiger partial charge is 0.456 e. The van der Waals surface area contributed by atoms with Crippen LogP contribution in [0.25, 0.3) is 86.6 Å². The van der Waals surface area contributed by atoms with Gasteiger partial charge in [-0.15, -0.1) is 0 Å². The molecule has 0 aliphatic rings. The number of furan rings is 1. The molecule has 0 atom stereocenters. The van der Waals surface area contributed by atoms with Crippen LogP contribution >= 0.6 is 11.3 Å². The maximum absolute atomic E-state index is 6.19. The second kappa shape index (κ2) is 8.09. The zero-order valence-electron chi connectivity index (χ0n) is 22.3.